The minimum atomic E-state index is -3.61. The highest BCUT2D eigenvalue weighted by molar-refractivity contribution is 7.89. The molecule has 3 heterocycles. The van der Waals surface area contributed by atoms with Crippen molar-refractivity contribution < 1.29 is 22.4 Å². The summed E-state index contributed by atoms with van der Waals surface area (Å²) in [6, 6.07) is 13.6. The first-order chi connectivity index (χ1) is 17.8. The molecule has 8 nitrogen and oxygen atoms in total. The van der Waals surface area contributed by atoms with Crippen molar-refractivity contribution in [3.63, 3.8) is 0 Å². The lowest BCUT2D eigenvalue weighted by Crippen LogP contribution is -2.39. The van der Waals surface area contributed by atoms with E-state index in [9.17, 15) is 13.2 Å². The number of aromatic nitrogens is 1. The van der Waals surface area contributed by atoms with Crippen LogP contribution in [0.25, 0.3) is 10.2 Å². The average molecular weight is 540 g/mol. The second kappa shape index (κ2) is 10.3. The van der Waals surface area contributed by atoms with E-state index in [1.54, 1.807) is 42.5 Å². The van der Waals surface area contributed by atoms with Gasteiger partial charge in [-0.3, -0.25) is 9.69 Å². The first-order valence-electron chi connectivity index (χ1n) is 12.2. The van der Waals surface area contributed by atoms with Crippen LogP contribution in [-0.2, 0) is 16.6 Å². The number of ether oxygens (including phenoxy) is 1. The highest BCUT2D eigenvalue weighted by Gasteiger charge is 2.29. The zero-order chi connectivity index (χ0) is 26.2. The molecule has 1 aliphatic heterocycles. The number of rotatable bonds is 7. The largest absolute Gasteiger partial charge is 0.494 e. The quantitative estimate of drug-likeness (QED) is 0.309. The molecule has 1 unspecified atom stereocenters. The van der Waals surface area contributed by atoms with Crippen molar-refractivity contribution >= 4 is 42.6 Å². The Bertz CT molecular complexity index is 1510. The molecule has 1 aliphatic rings. The van der Waals surface area contributed by atoms with Gasteiger partial charge < -0.3 is 9.15 Å². The third-order valence-electron chi connectivity index (χ3n) is 6.64. The number of furan rings is 1. The van der Waals surface area contributed by atoms with Crippen molar-refractivity contribution in [3.05, 3.63) is 71.7 Å². The van der Waals surface area contributed by atoms with Crippen LogP contribution in [-0.4, -0.2) is 43.8 Å². The lowest BCUT2D eigenvalue weighted by atomic mass is 10.0. The van der Waals surface area contributed by atoms with Gasteiger partial charge in [-0.2, -0.15) is 4.31 Å². The van der Waals surface area contributed by atoms with Crippen molar-refractivity contribution in [3.8, 4) is 5.75 Å². The molecule has 1 atom stereocenters. The molecule has 5 rings (SSSR count). The minimum Gasteiger partial charge on any atom is -0.494 e. The van der Waals surface area contributed by atoms with E-state index in [4.69, 9.17) is 14.1 Å². The van der Waals surface area contributed by atoms with E-state index < -0.39 is 10.0 Å². The molecule has 1 saturated heterocycles. The van der Waals surface area contributed by atoms with E-state index in [1.165, 1.54) is 27.8 Å². The lowest BCUT2D eigenvalue weighted by Gasteiger charge is -2.30. The summed E-state index contributed by atoms with van der Waals surface area (Å²) < 4.78 is 39.8. The maximum Gasteiger partial charge on any atom is 0.260 e. The van der Waals surface area contributed by atoms with Crippen molar-refractivity contribution in [2.24, 2.45) is 5.92 Å². The van der Waals surface area contributed by atoms with Gasteiger partial charge in [0.25, 0.3) is 5.91 Å². The molecular weight excluding hydrogens is 510 g/mol. The first-order valence-corrected chi connectivity index (χ1v) is 14.4. The number of anilines is 1. The van der Waals surface area contributed by atoms with E-state index in [0.717, 1.165) is 23.1 Å². The van der Waals surface area contributed by atoms with Gasteiger partial charge in [0, 0.05) is 18.7 Å². The van der Waals surface area contributed by atoms with Gasteiger partial charge in [-0.1, -0.05) is 24.3 Å². The van der Waals surface area contributed by atoms with Crippen LogP contribution in [0.5, 0.6) is 5.75 Å². The monoisotopic (exact) mass is 539 g/mol. The second-order valence-electron chi connectivity index (χ2n) is 9.36. The Balaban J connectivity index is 1.48. The molecule has 0 aliphatic carbocycles. The number of piperidine rings is 1. The number of hydrogen-bond donors (Lipinski definition) is 0. The summed E-state index contributed by atoms with van der Waals surface area (Å²) in [4.78, 5) is 20.2. The summed E-state index contributed by atoms with van der Waals surface area (Å²) >= 11 is 1.40. The van der Waals surface area contributed by atoms with Crippen LogP contribution < -0.4 is 9.64 Å². The molecule has 0 N–H and O–H groups in total. The number of nitrogens with zero attached hydrogens (tertiary/aromatic N) is 3. The van der Waals surface area contributed by atoms with Crippen LogP contribution >= 0.6 is 11.3 Å². The fourth-order valence-electron chi connectivity index (χ4n) is 4.60. The standard InChI is InChI=1S/C27H29N3O5S2/c1-18-6-4-14-29(16-18)37(32,33)22-11-9-20(10-12-22)26(31)30(17-21-7-5-15-35-21)27-28-24-23(34-3)13-8-19(2)25(24)36-27/h5,7-13,15,18H,4,6,14,16-17H2,1-3H3. The summed E-state index contributed by atoms with van der Waals surface area (Å²) in [7, 11) is -2.02. The number of amides is 1. The summed E-state index contributed by atoms with van der Waals surface area (Å²) in [5.41, 5.74) is 2.09. The van der Waals surface area contributed by atoms with Gasteiger partial charge in [0.05, 0.1) is 29.5 Å². The highest BCUT2D eigenvalue weighted by atomic mass is 32.2. The number of aryl methyl sites for hydroxylation is 1. The van der Waals surface area contributed by atoms with E-state index >= 15 is 0 Å². The molecule has 4 aromatic rings. The minimum absolute atomic E-state index is 0.179. The molecular formula is C27H29N3O5S2. The molecule has 2 aromatic heterocycles. The highest BCUT2D eigenvalue weighted by Crippen LogP contribution is 2.37. The van der Waals surface area contributed by atoms with E-state index in [-0.39, 0.29) is 17.3 Å². The van der Waals surface area contributed by atoms with Gasteiger partial charge in [0.2, 0.25) is 10.0 Å². The number of benzene rings is 2. The maximum absolute atomic E-state index is 13.8. The normalized spacial score (nSPS) is 16.7. The summed E-state index contributed by atoms with van der Waals surface area (Å²) in [6.07, 6.45) is 3.44. The fraction of sp³-hybridized carbons (Fsp3) is 0.333. The Labute approximate surface area is 220 Å². The Morgan fingerprint density at radius 1 is 1.22 bits per heavy atom. The van der Waals surface area contributed by atoms with Crippen molar-refractivity contribution in [2.45, 2.75) is 38.1 Å². The van der Waals surface area contributed by atoms with Gasteiger partial charge in [-0.05, 0) is 73.7 Å². The second-order valence-corrected chi connectivity index (χ2v) is 12.3. The summed E-state index contributed by atoms with van der Waals surface area (Å²) in [6.45, 7) is 5.27. The molecule has 0 radical (unpaired) electrons. The van der Waals surface area contributed by atoms with Crippen LogP contribution in [0.3, 0.4) is 0 Å². The number of methoxy groups -OCH3 is 1. The lowest BCUT2D eigenvalue weighted by molar-refractivity contribution is 0.0983. The molecule has 1 fully saturated rings. The summed E-state index contributed by atoms with van der Waals surface area (Å²) in [5.74, 6) is 1.27. The Hall–Kier alpha value is -3.21. The van der Waals surface area contributed by atoms with Crippen LogP contribution in [0.4, 0.5) is 5.13 Å². The maximum atomic E-state index is 13.8. The van der Waals surface area contributed by atoms with Crippen molar-refractivity contribution in [1.82, 2.24) is 9.29 Å². The number of hydrogen-bond acceptors (Lipinski definition) is 7. The first kappa shape index (κ1) is 25.4. The molecule has 1 amide bonds. The zero-order valence-corrected chi connectivity index (χ0v) is 22.6. The molecule has 194 valence electrons. The van der Waals surface area contributed by atoms with E-state index in [1.807, 2.05) is 19.1 Å². The number of sulfonamides is 1. The van der Waals surface area contributed by atoms with Crippen LogP contribution in [0.15, 0.2) is 64.1 Å². The van der Waals surface area contributed by atoms with Crippen LogP contribution in [0.1, 0.15) is 41.4 Å². The van der Waals surface area contributed by atoms with Gasteiger partial charge in [-0.25, -0.2) is 13.4 Å². The number of thiazole rings is 1. The molecule has 0 saturated carbocycles. The van der Waals surface area contributed by atoms with Gasteiger partial charge in [0.15, 0.2) is 5.13 Å². The third kappa shape index (κ3) is 5.01. The molecule has 37 heavy (non-hydrogen) atoms. The topological polar surface area (TPSA) is 92.9 Å². The van der Waals surface area contributed by atoms with Crippen LogP contribution in [0.2, 0.25) is 0 Å². The predicted octanol–water partition coefficient (Wildman–Crippen LogP) is 5.47. The van der Waals surface area contributed by atoms with Gasteiger partial charge in [0.1, 0.15) is 17.0 Å². The Morgan fingerprint density at radius 3 is 2.68 bits per heavy atom. The number of carbonyl (C=O) groups excluding carboxylic acids is 1. The smallest absolute Gasteiger partial charge is 0.260 e. The Morgan fingerprint density at radius 2 is 2.00 bits per heavy atom. The molecule has 0 spiro atoms. The molecule has 2 aromatic carbocycles. The molecule has 0 bridgehead atoms. The zero-order valence-electron chi connectivity index (χ0n) is 21.0. The molecule has 10 heteroatoms. The number of fused-ring (bicyclic) bond motifs is 1. The fourth-order valence-corrected chi connectivity index (χ4v) is 7.25. The van der Waals surface area contributed by atoms with Gasteiger partial charge >= 0.3 is 0 Å². The van der Waals surface area contributed by atoms with Gasteiger partial charge in [-0.15, -0.1) is 0 Å². The average Bonchev–Trinajstić information content (AvgIpc) is 3.58. The van der Waals surface area contributed by atoms with Crippen molar-refractivity contribution in [1.29, 1.82) is 0 Å². The van der Waals surface area contributed by atoms with E-state index in [0.29, 0.717) is 46.7 Å². The number of carbonyl (C=O) groups is 1. The van der Waals surface area contributed by atoms with Crippen molar-refractivity contribution in [2.75, 3.05) is 25.1 Å². The predicted molar refractivity (Wildman–Crippen MR) is 144 cm³/mol. The Kier molecular flexibility index (Phi) is 7.06. The summed E-state index contributed by atoms with van der Waals surface area (Å²) in [5, 5.41) is 0.503. The third-order valence-corrected chi connectivity index (χ3v) is 9.73. The SMILES string of the molecule is COc1ccc(C)c2sc(N(Cc3ccco3)C(=O)c3ccc(S(=O)(=O)N4CCCC(C)C4)cc3)nc12. The van der Waals surface area contributed by atoms with E-state index in [2.05, 4.69) is 6.92 Å². The van der Waals surface area contributed by atoms with Crippen LogP contribution in [0, 0.1) is 12.8 Å².